The van der Waals surface area contributed by atoms with Crippen LogP contribution in [0, 0.1) is 10.1 Å². The molecule has 0 aliphatic carbocycles. The molecule has 7 heteroatoms. The van der Waals surface area contributed by atoms with Crippen LogP contribution < -0.4 is 0 Å². The lowest BCUT2D eigenvalue weighted by Gasteiger charge is -2.00. The van der Waals surface area contributed by atoms with Crippen molar-refractivity contribution < 1.29 is 17.7 Å². The van der Waals surface area contributed by atoms with Crippen LogP contribution in [0.3, 0.4) is 0 Å². The standard InChI is InChI=1S/C8H8FNO4S/c9-5-6-14-15(13)8-3-1-7(2-4-8)10(11)12/h1-4H,5-6H2. The maximum Gasteiger partial charge on any atom is 0.269 e. The third-order valence-electron chi connectivity index (χ3n) is 1.51. The molecule has 1 unspecified atom stereocenters. The fourth-order valence-corrected chi connectivity index (χ4v) is 1.56. The van der Waals surface area contributed by atoms with Crippen LogP contribution in [-0.2, 0) is 15.3 Å². The number of halogens is 1. The van der Waals surface area contributed by atoms with Gasteiger partial charge in [-0.2, -0.15) is 0 Å². The molecule has 0 heterocycles. The van der Waals surface area contributed by atoms with E-state index in [1.165, 1.54) is 24.3 Å². The van der Waals surface area contributed by atoms with Gasteiger partial charge in [-0.15, -0.1) is 0 Å². The first-order valence-electron chi connectivity index (χ1n) is 4.00. The van der Waals surface area contributed by atoms with Gasteiger partial charge in [0.25, 0.3) is 5.69 Å². The molecule has 0 aromatic heterocycles. The number of nitrogens with zero attached hydrogens (tertiary/aromatic N) is 1. The number of nitro groups is 1. The predicted octanol–water partition coefficient (Wildman–Crippen LogP) is 1.60. The van der Waals surface area contributed by atoms with Gasteiger partial charge in [0.1, 0.15) is 6.67 Å². The first-order chi connectivity index (χ1) is 7.15. The molecule has 0 bridgehead atoms. The minimum Gasteiger partial charge on any atom is -0.284 e. The Kier molecular flexibility index (Phi) is 4.32. The summed E-state index contributed by atoms with van der Waals surface area (Å²) in [5.74, 6) is 0. The summed E-state index contributed by atoms with van der Waals surface area (Å²) < 4.78 is 27.5. The Balaban J connectivity index is 2.71. The number of benzene rings is 1. The number of rotatable bonds is 5. The molecule has 0 fully saturated rings. The summed E-state index contributed by atoms with van der Waals surface area (Å²) in [5, 5.41) is 10.3. The topological polar surface area (TPSA) is 69.4 Å². The van der Waals surface area contributed by atoms with Crippen LogP contribution >= 0.6 is 0 Å². The molecule has 0 aliphatic heterocycles. The zero-order valence-corrected chi connectivity index (χ0v) is 8.41. The van der Waals surface area contributed by atoms with E-state index in [9.17, 15) is 18.7 Å². The van der Waals surface area contributed by atoms with Crippen LogP contribution in [0.25, 0.3) is 0 Å². The Hall–Kier alpha value is -1.34. The third kappa shape index (κ3) is 3.37. The minimum atomic E-state index is -1.77. The molecule has 15 heavy (non-hydrogen) atoms. The zero-order valence-electron chi connectivity index (χ0n) is 7.59. The lowest BCUT2D eigenvalue weighted by atomic mass is 10.3. The molecular weight excluding hydrogens is 225 g/mol. The highest BCUT2D eigenvalue weighted by atomic mass is 32.2. The molecule has 1 aromatic carbocycles. The van der Waals surface area contributed by atoms with Gasteiger partial charge in [0.15, 0.2) is 11.1 Å². The summed E-state index contributed by atoms with van der Waals surface area (Å²) in [6.07, 6.45) is 0. The normalized spacial score (nSPS) is 12.3. The summed E-state index contributed by atoms with van der Waals surface area (Å²) >= 11 is -1.77. The van der Waals surface area contributed by atoms with Crippen molar-refractivity contribution >= 4 is 16.8 Å². The second-order valence-corrected chi connectivity index (χ2v) is 3.67. The fraction of sp³-hybridized carbons (Fsp3) is 0.250. The second kappa shape index (κ2) is 5.52. The van der Waals surface area contributed by atoms with Gasteiger partial charge in [-0.25, -0.2) is 8.60 Å². The van der Waals surface area contributed by atoms with Crippen LogP contribution in [0.15, 0.2) is 29.2 Å². The summed E-state index contributed by atoms with van der Waals surface area (Å²) in [4.78, 5) is 10.0. The largest absolute Gasteiger partial charge is 0.284 e. The van der Waals surface area contributed by atoms with Gasteiger partial charge in [-0.1, -0.05) is 0 Å². The van der Waals surface area contributed by atoms with Gasteiger partial charge >= 0.3 is 0 Å². The molecule has 0 amide bonds. The average Bonchev–Trinajstić information content (AvgIpc) is 2.26. The molecule has 0 saturated carbocycles. The lowest BCUT2D eigenvalue weighted by Crippen LogP contribution is -2.01. The highest BCUT2D eigenvalue weighted by Gasteiger charge is 2.08. The highest BCUT2D eigenvalue weighted by molar-refractivity contribution is 7.80. The molecule has 5 nitrogen and oxygen atoms in total. The van der Waals surface area contributed by atoms with Crippen LogP contribution in [0.4, 0.5) is 10.1 Å². The Morgan fingerprint density at radius 2 is 2.00 bits per heavy atom. The van der Waals surface area contributed by atoms with Crippen molar-refractivity contribution in [1.82, 2.24) is 0 Å². The van der Waals surface area contributed by atoms with E-state index in [2.05, 4.69) is 4.18 Å². The quantitative estimate of drug-likeness (QED) is 0.572. The van der Waals surface area contributed by atoms with Crippen LogP contribution in [0.2, 0.25) is 0 Å². The zero-order chi connectivity index (χ0) is 11.3. The Bertz CT molecular complexity index is 367. The lowest BCUT2D eigenvalue weighted by molar-refractivity contribution is -0.384. The SMILES string of the molecule is O=[N+]([O-])c1ccc(S(=O)OCCF)cc1. The van der Waals surface area contributed by atoms with Gasteiger partial charge in [0, 0.05) is 12.1 Å². The van der Waals surface area contributed by atoms with Gasteiger partial charge in [0.05, 0.1) is 16.4 Å². The maximum atomic E-state index is 11.7. The van der Waals surface area contributed by atoms with E-state index in [4.69, 9.17) is 0 Å². The predicted molar refractivity (Wildman–Crippen MR) is 51.4 cm³/mol. The molecule has 1 atom stereocenters. The molecule has 1 aromatic rings. The smallest absolute Gasteiger partial charge is 0.269 e. The van der Waals surface area contributed by atoms with E-state index in [-0.39, 0.29) is 17.2 Å². The van der Waals surface area contributed by atoms with E-state index in [0.717, 1.165) is 0 Å². The molecule has 1 rings (SSSR count). The fourth-order valence-electron chi connectivity index (χ4n) is 0.854. The molecule has 0 spiro atoms. The van der Waals surface area contributed by atoms with Gasteiger partial charge in [-0.3, -0.25) is 14.3 Å². The van der Waals surface area contributed by atoms with E-state index in [1.54, 1.807) is 0 Å². The van der Waals surface area contributed by atoms with Crippen molar-refractivity contribution in [3.8, 4) is 0 Å². The van der Waals surface area contributed by atoms with Crippen molar-refractivity contribution in [3.05, 3.63) is 34.4 Å². The molecule has 0 radical (unpaired) electrons. The van der Waals surface area contributed by atoms with E-state index < -0.39 is 22.7 Å². The summed E-state index contributed by atoms with van der Waals surface area (Å²) in [5.41, 5.74) is -0.0961. The number of hydrogen-bond acceptors (Lipinski definition) is 4. The summed E-state index contributed by atoms with van der Waals surface area (Å²) in [6, 6.07) is 5.05. The monoisotopic (exact) mass is 233 g/mol. The molecule has 82 valence electrons. The summed E-state index contributed by atoms with van der Waals surface area (Å²) in [6.45, 7) is -0.984. The van der Waals surface area contributed by atoms with Crippen molar-refractivity contribution in [2.75, 3.05) is 13.3 Å². The van der Waals surface area contributed by atoms with Crippen molar-refractivity contribution in [2.24, 2.45) is 0 Å². The number of alkyl halides is 1. The van der Waals surface area contributed by atoms with E-state index >= 15 is 0 Å². The number of hydrogen-bond donors (Lipinski definition) is 0. The van der Waals surface area contributed by atoms with Crippen molar-refractivity contribution in [1.29, 1.82) is 0 Å². The number of non-ortho nitro benzene ring substituents is 1. The van der Waals surface area contributed by atoms with Crippen LogP contribution in [-0.4, -0.2) is 22.4 Å². The number of nitro benzene ring substituents is 1. The molecule has 0 N–H and O–H groups in total. The first-order valence-corrected chi connectivity index (χ1v) is 5.08. The first kappa shape index (κ1) is 11.7. The van der Waals surface area contributed by atoms with Gasteiger partial charge < -0.3 is 0 Å². The van der Waals surface area contributed by atoms with E-state index in [1.807, 2.05) is 0 Å². The van der Waals surface area contributed by atoms with E-state index in [0.29, 0.717) is 0 Å². The molecule has 0 aliphatic rings. The highest BCUT2D eigenvalue weighted by Crippen LogP contribution is 2.14. The second-order valence-electron chi connectivity index (χ2n) is 2.50. The maximum absolute atomic E-state index is 11.7. The Labute approximate surface area is 87.7 Å². The average molecular weight is 233 g/mol. The van der Waals surface area contributed by atoms with Gasteiger partial charge in [0.2, 0.25) is 0 Å². The third-order valence-corrected chi connectivity index (χ3v) is 2.55. The van der Waals surface area contributed by atoms with Crippen LogP contribution in [0.5, 0.6) is 0 Å². The molecule has 0 saturated heterocycles. The summed E-state index contributed by atoms with van der Waals surface area (Å²) in [7, 11) is 0. The van der Waals surface area contributed by atoms with Gasteiger partial charge in [-0.05, 0) is 12.1 Å². The van der Waals surface area contributed by atoms with Crippen molar-refractivity contribution in [2.45, 2.75) is 4.90 Å². The van der Waals surface area contributed by atoms with Crippen LogP contribution in [0.1, 0.15) is 0 Å². The Morgan fingerprint density at radius 1 is 1.40 bits per heavy atom. The minimum absolute atomic E-state index is 0.0961. The Morgan fingerprint density at radius 3 is 2.47 bits per heavy atom. The van der Waals surface area contributed by atoms with Crippen molar-refractivity contribution in [3.63, 3.8) is 0 Å². The molecular formula is C8H8FNO4S.